The van der Waals surface area contributed by atoms with Crippen molar-refractivity contribution < 1.29 is 34.4 Å². The first-order valence-corrected chi connectivity index (χ1v) is 14.5. The van der Waals surface area contributed by atoms with Crippen LogP contribution < -0.4 is 5.32 Å². The predicted octanol–water partition coefficient (Wildman–Crippen LogP) is 1.60. The van der Waals surface area contributed by atoms with Crippen LogP contribution in [0.15, 0.2) is 0 Å². The summed E-state index contributed by atoms with van der Waals surface area (Å²) >= 11 is 0. The second-order valence-corrected chi connectivity index (χ2v) is 13.2. The number of aliphatic hydroxyl groups excluding tert-OH is 2. The van der Waals surface area contributed by atoms with Crippen LogP contribution in [0.4, 0.5) is 0 Å². The Balaban J connectivity index is 2.44. The smallest absolute Gasteiger partial charge is 0.225 e. The quantitative estimate of drug-likeness (QED) is 0.401. The van der Waals surface area contributed by atoms with E-state index in [1.807, 2.05) is 46.7 Å². The van der Waals surface area contributed by atoms with Crippen molar-refractivity contribution in [3.8, 4) is 0 Å². The lowest BCUT2D eigenvalue weighted by molar-refractivity contribution is -0.299. The van der Waals surface area contributed by atoms with Crippen molar-refractivity contribution in [1.82, 2.24) is 15.1 Å². The SMILES string of the molecule is CC(C)C[C@H]1CC(=O)N(C)C[C@H](C)C[C@@](C)(O)[C@H](O[C@@H]2O[C@H](C)C[C@H](N(C)C)[C@H]2O)[C@@H](C)[C@H](O)[C@@H](C)C(=O)N1. The number of rotatable bonds is 5. The Hall–Kier alpha value is -1.30. The third kappa shape index (κ3) is 9.10. The van der Waals surface area contributed by atoms with Crippen LogP contribution in [0.2, 0.25) is 0 Å². The molecular weight excluding hydrogens is 502 g/mol. The van der Waals surface area contributed by atoms with E-state index in [1.54, 1.807) is 32.7 Å². The molecule has 228 valence electrons. The van der Waals surface area contributed by atoms with Crippen molar-refractivity contribution in [3.05, 3.63) is 0 Å². The van der Waals surface area contributed by atoms with Gasteiger partial charge in [0.15, 0.2) is 6.29 Å². The number of ether oxygens (including phenoxy) is 2. The Labute approximate surface area is 235 Å². The van der Waals surface area contributed by atoms with Crippen molar-refractivity contribution in [2.75, 3.05) is 27.7 Å². The lowest BCUT2D eigenvalue weighted by Gasteiger charge is -2.46. The average Bonchev–Trinajstić information content (AvgIpc) is 2.80. The molecule has 10 heteroatoms. The van der Waals surface area contributed by atoms with Gasteiger partial charge in [-0.15, -0.1) is 0 Å². The lowest BCUT2D eigenvalue weighted by Crippen LogP contribution is -2.59. The second kappa shape index (κ2) is 14.0. The Kier molecular flexibility index (Phi) is 12.2. The van der Waals surface area contributed by atoms with Crippen LogP contribution >= 0.6 is 0 Å². The number of hydrogen-bond donors (Lipinski definition) is 4. The average molecular weight is 558 g/mol. The molecule has 0 radical (unpaired) electrons. The third-order valence-electron chi connectivity index (χ3n) is 8.41. The lowest BCUT2D eigenvalue weighted by atomic mass is 9.77. The van der Waals surface area contributed by atoms with Crippen molar-refractivity contribution in [1.29, 1.82) is 0 Å². The van der Waals surface area contributed by atoms with Crippen LogP contribution in [0.3, 0.4) is 0 Å². The highest BCUT2D eigenvalue weighted by atomic mass is 16.7. The van der Waals surface area contributed by atoms with Gasteiger partial charge in [-0.25, -0.2) is 0 Å². The number of amides is 2. The molecule has 39 heavy (non-hydrogen) atoms. The van der Waals surface area contributed by atoms with Gasteiger partial charge >= 0.3 is 0 Å². The van der Waals surface area contributed by atoms with E-state index >= 15 is 0 Å². The first kappa shape index (κ1) is 33.9. The van der Waals surface area contributed by atoms with Crippen LogP contribution in [-0.4, -0.2) is 113 Å². The fourth-order valence-corrected chi connectivity index (χ4v) is 6.34. The summed E-state index contributed by atoms with van der Waals surface area (Å²) in [4.78, 5) is 29.9. The molecule has 2 fully saturated rings. The Morgan fingerprint density at radius 3 is 2.33 bits per heavy atom. The normalized spacial score (nSPS) is 42.0. The molecule has 2 aliphatic rings. The predicted molar refractivity (Wildman–Crippen MR) is 150 cm³/mol. The van der Waals surface area contributed by atoms with E-state index in [-0.39, 0.29) is 54.7 Å². The van der Waals surface area contributed by atoms with Gasteiger partial charge in [0.05, 0.1) is 29.8 Å². The van der Waals surface area contributed by atoms with Crippen molar-refractivity contribution in [3.63, 3.8) is 0 Å². The Bertz CT molecular complexity index is 808. The molecule has 2 saturated heterocycles. The van der Waals surface area contributed by atoms with Gasteiger partial charge in [0.2, 0.25) is 11.8 Å². The molecule has 0 aliphatic carbocycles. The minimum Gasteiger partial charge on any atom is -0.392 e. The van der Waals surface area contributed by atoms with E-state index < -0.39 is 42.0 Å². The Morgan fingerprint density at radius 1 is 1.15 bits per heavy atom. The summed E-state index contributed by atoms with van der Waals surface area (Å²) in [6.07, 6.45) is -2.58. The molecular formula is C29H55N3O7. The molecule has 2 rings (SSSR count). The highest BCUT2D eigenvalue weighted by molar-refractivity contribution is 5.81. The maximum Gasteiger partial charge on any atom is 0.225 e. The number of nitrogens with one attached hydrogen (secondary N) is 1. The Morgan fingerprint density at radius 2 is 1.77 bits per heavy atom. The number of aliphatic hydroxyl groups is 3. The summed E-state index contributed by atoms with van der Waals surface area (Å²) in [5, 5.41) is 37.3. The summed E-state index contributed by atoms with van der Waals surface area (Å²) in [6, 6.07) is -0.551. The van der Waals surface area contributed by atoms with E-state index in [4.69, 9.17) is 9.47 Å². The largest absolute Gasteiger partial charge is 0.392 e. The van der Waals surface area contributed by atoms with Gasteiger partial charge in [0, 0.05) is 38.0 Å². The zero-order valence-electron chi connectivity index (χ0n) is 25.8. The molecule has 0 aromatic rings. The summed E-state index contributed by atoms with van der Waals surface area (Å²) in [7, 11) is 5.52. The maximum absolute atomic E-state index is 13.3. The molecule has 0 spiro atoms. The number of likely N-dealkylation sites (N-methyl/N-ethyl adjacent to an activating group) is 1. The fraction of sp³-hybridized carbons (Fsp3) is 0.931. The van der Waals surface area contributed by atoms with Crippen molar-refractivity contribution >= 4 is 11.8 Å². The van der Waals surface area contributed by atoms with Crippen LogP contribution in [0.25, 0.3) is 0 Å². The molecule has 0 aromatic carbocycles. The second-order valence-electron chi connectivity index (χ2n) is 13.2. The van der Waals surface area contributed by atoms with Crippen LogP contribution in [0.5, 0.6) is 0 Å². The highest BCUT2D eigenvalue weighted by Crippen LogP contribution is 2.35. The highest BCUT2D eigenvalue weighted by Gasteiger charge is 2.47. The summed E-state index contributed by atoms with van der Waals surface area (Å²) < 4.78 is 12.4. The topological polar surface area (TPSA) is 132 Å². The molecule has 0 saturated carbocycles. The van der Waals surface area contributed by atoms with Crippen LogP contribution in [0.1, 0.15) is 74.1 Å². The monoisotopic (exact) mass is 557 g/mol. The molecule has 0 aromatic heterocycles. The third-order valence-corrected chi connectivity index (χ3v) is 8.41. The number of carbonyl (C=O) groups is 2. The van der Waals surface area contributed by atoms with E-state index in [1.165, 1.54) is 0 Å². The zero-order chi connectivity index (χ0) is 29.8. The number of hydrogen-bond acceptors (Lipinski definition) is 8. The van der Waals surface area contributed by atoms with E-state index in [9.17, 15) is 24.9 Å². The summed E-state index contributed by atoms with van der Waals surface area (Å²) in [5.74, 6) is -1.75. The minimum atomic E-state index is -1.46. The molecule has 2 heterocycles. The number of nitrogens with zero attached hydrogens (tertiary/aromatic N) is 2. The maximum atomic E-state index is 13.3. The molecule has 2 aliphatic heterocycles. The van der Waals surface area contributed by atoms with Gasteiger partial charge in [0.25, 0.3) is 0 Å². The van der Waals surface area contributed by atoms with Gasteiger partial charge < -0.3 is 39.9 Å². The molecule has 10 nitrogen and oxygen atoms in total. The molecule has 11 atom stereocenters. The fourth-order valence-electron chi connectivity index (χ4n) is 6.34. The van der Waals surface area contributed by atoms with E-state index in [0.717, 1.165) is 0 Å². The van der Waals surface area contributed by atoms with Crippen molar-refractivity contribution in [2.24, 2.45) is 23.7 Å². The standard InChI is InChI=1S/C29H55N3O7/c1-16(2)11-21-13-23(33)32(10)15-17(3)14-29(7,37)26(19(5)24(34)20(6)27(36)30-21)39-28-25(35)22(31(8)9)12-18(4)38-28/h16-22,24-26,28,34-35,37H,11-15H2,1-10H3,(H,30,36)/t17-,18-,19+,20-,21+,22+,24+,25-,26-,28+,29-/m1/s1. The minimum absolute atomic E-state index is 0.0821. The molecule has 2 amide bonds. The molecule has 4 N–H and O–H groups in total. The van der Waals surface area contributed by atoms with Gasteiger partial charge in [-0.3, -0.25) is 9.59 Å². The summed E-state index contributed by atoms with van der Waals surface area (Å²) in [6.45, 7) is 13.4. The first-order valence-electron chi connectivity index (χ1n) is 14.5. The van der Waals surface area contributed by atoms with Gasteiger partial charge in [-0.2, -0.15) is 0 Å². The van der Waals surface area contributed by atoms with Gasteiger partial charge in [-0.1, -0.05) is 34.6 Å². The zero-order valence-corrected chi connectivity index (χ0v) is 25.8. The first-order chi connectivity index (χ1) is 17.9. The molecule has 0 bridgehead atoms. The number of carbonyl (C=O) groups excluding carboxylic acids is 2. The van der Waals surface area contributed by atoms with Crippen LogP contribution in [-0.2, 0) is 19.1 Å². The van der Waals surface area contributed by atoms with Gasteiger partial charge in [0.1, 0.15) is 6.10 Å². The van der Waals surface area contributed by atoms with E-state index in [2.05, 4.69) is 5.32 Å². The van der Waals surface area contributed by atoms with Crippen molar-refractivity contribution in [2.45, 2.75) is 123 Å². The van der Waals surface area contributed by atoms with Gasteiger partial charge in [-0.05, 0) is 59.0 Å². The summed E-state index contributed by atoms with van der Waals surface area (Å²) in [5.41, 5.74) is -1.46. The van der Waals surface area contributed by atoms with E-state index in [0.29, 0.717) is 19.4 Å². The van der Waals surface area contributed by atoms with Crippen LogP contribution in [0, 0.1) is 23.7 Å². The molecule has 0 unspecified atom stereocenters.